The van der Waals surface area contributed by atoms with Crippen LogP contribution in [-0.2, 0) is 23.9 Å². The number of carbonyl (C=O) groups is 3. The zero-order valence-electron chi connectivity index (χ0n) is 25.2. The highest BCUT2D eigenvalue weighted by Gasteiger charge is 2.75. The highest BCUT2D eigenvalue weighted by atomic mass is 16.6. The van der Waals surface area contributed by atoms with E-state index in [2.05, 4.69) is 31.9 Å². The highest BCUT2D eigenvalue weighted by molar-refractivity contribution is 6.04. The molecule has 1 aromatic carbocycles. The van der Waals surface area contributed by atoms with Crippen LogP contribution < -0.4 is 9.80 Å². The van der Waals surface area contributed by atoms with Gasteiger partial charge in [-0.25, -0.2) is 0 Å². The third-order valence-corrected chi connectivity index (χ3v) is 9.03. The molecule has 3 heterocycles. The highest BCUT2D eigenvalue weighted by Crippen LogP contribution is 2.59. The molecule has 2 amide bonds. The first-order chi connectivity index (χ1) is 20.4. The number of nitrogens with zero attached hydrogens (tertiary/aromatic N) is 3. The number of unbranched alkanes of at least 4 members (excludes halogenated alkanes) is 3. The lowest BCUT2D eigenvalue weighted by molar-refractivity contribution is -0.155. The minimum absolute atomic E-state index is 0.00390. The quantitative estimate of drug-likeness (QED) is 0.168. The Morgan fingerprint density at radius 1 is 1.10 bits per heavy atom. The Kier molecular flexibility index (Phi) is 10.8. The minimum atomic E-state index is -1.09. The number of aliphatic hydroxyl groups is 1. The van der Waals surface area contributed by atoms with Crippen molar-refractivity contribution in [1.29, 1.82) is 0 Å². The van der Waals surface area contributed by atoms with Crippen molar-refractivity contribution >= 4 is 29.2 Å². The molecule has 2 bridgehead atoms. The summed E-state index contributed by atoms with van der Waals surface area (Å²) in [5, 5.41) is 9.42. The minimum Gasteiger partial charge on any atom is -0.465 e. The van der Waals surface area contributed by atoms with Gasteiger partial charge in [0.15, 0.2) is 0 Å². The van der Waals surface area contributed by atoms with Crippen LogP contribution in [0.3, 0.4) is 0 Å². The fourth-order valence-corrected chi connectivity index (χ4v) is 7.03. The van der Waals surface area contributed by atoms with Gasteiger partial charge in [0.2, 0.25) is 5.91 Å². The molecule has 3 aliphatic rings. The van der Waals surface area contributed by atoms with E-state index in [1.54, 1.807) is 15.9 Å². The van der Waals surface area contributed by atoms with Crippen LogP contribution in [0.4, 0.5) is 11.4 Å². The van der Waals surface area contributed by atoms with Gasteiger partial charge in [0.05, 0.1) is 24.5 Å². The Bertz CT molecular complexity index is 1120. The van der Waals surface area contributed by atoms with Gasteiger partial charge in [-0.3, -0.25) is 14.4 Å². The van der Waals surface area contributed by atoms with E-state index in [4.69, 9.17) is 9.47 Å². The number of hydrogen-bond donors (Lipinski definition) is 1. The van der Waals surface area contributed by atoms with E-state index in [1.807, 2.05) is 30.3 Å². The molecule has 1 spiro atoms. The van der Waals surface area contributed by atoms with Crippen molar-refractivity contribution in [3.8, 4) is 0 Å². The molecule has 0 aromatic heterocycles. The summed E-state index contributed by atoms with van der Waals surface area (Å²) < 4.78 is 12.2. The second-order valence-electron chi connectivity index (χ2n) is 11.4. The standard InChI is InChI=1S/C33H47N3O6/c1-5-9-10-13-23-41-32(40)27-26-18-19-33(42-26)28(27)30(38)36(21-11-12-22-37)29(33)31(39)35(20-6-2)25-16-14-24(15-17-25)34(7-3)8-4/h5-6,14-17,26-29,37H,1-2,7-13,18-23H2,3-4H3/t26-,27+,28-,29?,33?/m0/s1. The summed E-state index contributed by atoms with van der Waals surface area (Å²) in [6.45, 7) is 14.4. The number of ether oxygens (including phenoxy) is 2. The molecular formula is C33H47N3O6. The van der Waals surface area contributed by atoms with Gasteiger partial charge in [0.25, 0.3) is 5.91 Å². The number of benzene rings is 1. The molecule has 42 heavy (non-hydrogen) atoms. The van der Waals surface area contributed by atoms with Crippen molar-refractivity contribution in [2.75, 3.05) is 49.2 Å². The maximum absolute atomic E-state index is 14.6. The van der Waals surface area contributed by atoms with Crippen LogP contribution in [0.15, 0.2) is 49.6 Å². The number of allylic oxidation sites excluding steroid dienone is 1. The van der Waals surface area contributed by atoms with Gasteiger partial charge >= 0.3 is 5.97 Å². The normalized spacial score (nSPS) is 25.8. The van der Waals surface area contributed by atoms with Gasteiger partial charge in [0, 0.05) is 44.2 Å². The maximum atomic E-state index is 14.6. The molecule has 2 unspecified atom stereocenters. The fraction of sp³-hybridized carbons (Fsp3) is 0.606. The third-order valence-electron chi connectivity index (χ3n) is 9.03. The molecule has 9 heteroatoms. The van der Waals surface area contributed by atoms with Crippen molar-refractivity contribution in [3.05, 3.63) is 49.6 Å². The molecule has 4 rings (SSSR count). The molecule has 0 radical (unpaired) electrons. The molecule has 230 valence electrons. The molecule has 3 saturated heterocycles. The lowest BCUT2D eigenvalue weighted by Crippen LogP contribution is -2.56. The number of anilines is 2. The first-order valence-electron chi connectivity index (χ1n) is 15.5. The van der Waals surface area contributed by atoms with Crippen molar-refractivity contribution < 1.29 is 29.0 Å². The zero-order valence-corrected chi connectivity index (χ0v) is 25.2. The summed E-state index contributed by atoms with van der Waals surface area (Å²) >= 11 is 0. The molecule has 0 aliphatic carbocycles. The van der Waals surface area contributed by atoms with Crippen LogP contribution in [0.2, 0.25) is 0 Å². The van der Waals surface area contributed by atoms with Crippen LogP contribution >= 0.6 is 0 Å². The van der Waals surface area contributed by atoms with E-state index in [9.17, 15) is 19.5 Å². The number of likely N-dealkylation sites (tertiary alicyclic amines) is 1. The number of rotatable bonds is 17. The number of hydrogen-bond acceptors (Lipinski definition) is 7. The monoisotopic (exact) mass is 581 g/mol. The smallest absolute Gasteiger partial charge is 0.312 e. The first kappa shape index (κ1) is 31.8. The Balaban J connectivity index is 1.64. The number of esters is 1. The second-order valence-corrected chi connectivity index (χ2v) is 11.4. The van der Waals surface area contributed by atoms with Gasteiger partial charge in [-0.15, -0.1) is 13.2 Å². The van der Waals surface area contributed by atoms with Gasteiger partial charge in [-0.2, -0.15) is 0 Å². The Hall–Kier alpha value is -3.17. The fourth-order valence-electron chi connectivity index (χ4n) is 7.03. The van der Waals surface area contributed by atoms with Crippen molar-refractivity contribution in [2.24, 2.45) is 11.8 Å². The van der Waals surface area contributed by atoms with E-state index in [-0.39, 0.29) is 31.6 Å². The van der Waals surface area contributed by atoms with Crippen LogP contribution in [0.25, 0.3) is 0 Å². The molecule has 9 nitrogen and oxygen atoms in total. The van der Waals surface area contributed by atoms with Gasteiger partial charge in [-0.1, -0.05) is 12.2 Å². The zero-order chi connectivity index (χ0) is 30.3. The summed E-state index contributed by atoms with van der Waals surface area (Å²) in [6, 6.07) is 6.98. The number of aliphatic hydroxyl groups excluding tert-OH is 1. The molecule has 0 saturated carbocycles. The summed E-state index contributed by atoms with van der Waals surface area (Å²) in [5.74, 6) is -2.40. The molecule has 1 aromatic rings. The van der Waals surface area contributed by atoms with Gasteiger partial charge < -0.3 is 29.3 Å². The largest absolute Gasteiger partial charge is 0.465 e. The van der Waals surface area contributed by atoms with Crippen molar-refractivity contribution in [1.82, 2.24) is 4.90 Å². The Morgan fingerprint density at radius 3 is 2.45 bits per heavy atom. The summed E-state index contributed by atoms with van der Waals surface area (Å²) in [7, 11) is 0. The predicted octanol–water partition coefficient (Wildman–Crippen LogP) is 4.10. The number of amides is 2. The molecular weight excluding hydrogens is 534 g/mol. The molecule has 5 atom stereocenters. The van der Waals surface area contributed by atoms with Crippen LogP contribution in [0, 0.1) is 11.8 Å². The average Bonchev–Trinajstić information content (AvgIpc) is 3.64. The summed E-state index contributed by atoms with van der Waals surface area (Å²) in [4.78, 5) is 47.5. The second kappa shape index (κ2) is 14.3. The average molecular weight is 582 g/mol. The summed E-state index contributed by atoms with van der Waals surface area (Å²) in [6.07, 6.45) is 7.67. The molecule has 3 fully saturated rings. The van der Waals surface area contributed by atoms with Crippen LogP contribution in [0.5, 0.6) is 0 Å². The van der Waals surface area contributed by atoms with E-state index >= 15 is 0 Å². The predicted molar refractivity (Wildman–Crippen MR) is 163 cm³/mol. The lowest BCUT2D eigenvalue weighted by atomic mass is 9.70. The maximum Gasteiger partial charge on any atom is 0.312 e. The van der Waals surface area contributed by atoms with Crippen molar-refractivity contribution in [3.63, 3.8) is 0 Å². The van der Waals surface area contributed by atoms with Crippen LogP contribution in [0.1, 0.15) is 58.8 Å². The topological polar surface area (TPSA) is 99.6 Å². The number of fused-ring (bicyclic) bond motifs is 1. The van der Waals surface area contributed by atoms with E-state index in [0.717, 1.165) is 38.0 Å². The number of carbonyl (C=O) groups excluding carboxylic acids is 3. The summed E-state index contributed by atoms with van der Waals surface area (Å²) in [5.41, 5.74) is 0.686. The van der Waals surface area contributed by atoms with E-state index < -0.39 is 35.6 Å². The Morgan fingerprint density at radius 2 is 1.81 bits per heavy atom. The van der Waals surface area contributed by atoms with Gasteiger partial charge in [0.1, 0.15) is 11.6 Å². The first-order valence-corrected chi connectivity index (χ1v) is 15.5. The van der Waals surface area contributed by atoms with Crippen LogP contribution in [-0.4, -0.2) is 84.9 Å². The lowest BCUT2D eigenvalue weighted by Gasteiger charge is -2.37. The molecule has 1 N–H and O–H groups in total. The van der Waals surface area contributed by atoms with Crippen molar-refractivity contribution in [2.45, 2.75) is 76.5 Å². The Labute approximate surface area is 250 Å². The van der Waals surface area contributed by atoms with E-state index in [1.165, 1.54) is 0 Å². The third kappa shape index (κ3) is 5.99. The molecule has 3 aliphatic heterocycles. The van der Waals surface area contributed by atoms with Gasteiger partial charge in [-0.05, 0) is 83.1 Å². The van der Waals surface area contributed by atoms with E-state index in [0.29, 0.717) is 37.9 Å². The SMILES string of the molecule is C=CCCCCOC(=O)[C@@H]1[C@@H]2CCC3(O2)C(C(=O)N(CC=C)c2ccc(N(CC)CC)cc2)N(CCCCO)C(=O)[C@H]13.